The summed E-state index contributed by atoms with van der Waals surface area (Å²) in [5.41, 5.74) is 20.8. The summed E-state index contributed by atoms with van der Waals surface area (Å²) in [6, 6.07) is 70.1. The lowest BCUT2D eigenvalue weighted by molar-refractivity contribution is 0.487. The van der Waals surface area contributed by atoms with E-state index in [1.807, 2.05) is 0 Å². The highest BCUT2D eigenvalue weighted by Crippen LogP contribution is 2.59. The maximum atomic E-state index is 7.02. The molecule has 6 aliphatic heterocycles. The van der Waals surface area contributed by atoms with E-state index in [2.05, 4.69) is 214 Å². The van der Waals surface area contributed by atoms with Gasteiger partial charge in [0.25, 0.3) is 13.4 Å². The van der Waals surface area contributed by atoms with E-state index in [0.717, 1.165) is 68.5 Å². The molecule has 0 spiro atoms. The van der Waals surface area contributed by atoms with Crippen LogP contribution in [0.4, 0.5) is 68.2 Å². The highest BCUT2D eigenvalue weighted by molar-refractivity contribution is 7.05. The average molecular weight is 791 g/mol. The monoisotopic (exact) mass is 790 g/mol. The van der Waals surface area contributed by atoms with Crippen LogP contribution in [0, 0.1) is 0 Å². The second-order valence-electron chi connectivity index (χ2n) is 16.7. The third-order valence-corrected chi connectivity index (χ3v) is 13.7. The van der Waals surface area contributed by atoms with Gasteiger partial charge in [-0.3, -0.25) is 0 Å². The summed E-state index contributed by atoms with van der Waals surface area (Å²) in [7, 11) is 0. The number of hydrogen-bond donors (Lipinski definition) is 0. The van der Waals surface area contributed by atoms with E-state index in [1.165, 1.54) is 55.5 Å². The Morgan fingerprint density at radius 2 is 0.484 bits per heavy atom. The van der Waals surface area contributed by atoms with Gasteiger partial charge in [0.05, 0.1) is 22.7 Å². The number of ether oxygens (including phenoxy) is 2. The molecule has 8 heteroatoms. The molecule has 0 unspecified atom stereocenters. The zero-order valence-corrected chi connectivity index (χ0v) is 33.2. The minimum absolute atomic E-state index is 0.127. The number of fused-ring (bicyclic) bond motifs is 2. The lowest BCUT2D eigenvalue weighted by Crippen LogP contribution is -2.68. The number of benzene rings is 9. The molecule has 0 N–H and O–H groups in total. The van der Waals surface area contributed by atoms with Gasteiger partial charge in [-0.25, -0.2) is 0 Å². The average Bonchev–Trinajstić information content (AvgIpc) is 3.33. The maximum absolute atomic E-state index is 7.02. The van der Waals surface area contributed by atoms with Gasteiger partial charge in [0.15, 0.2) is 0 Å². The van der Waals surface area contributed by atoms with Crippen molar-refractivity contribution in [2.45, 2.75) is 0 Å². The van der Waals surface area contributed by atoms with E-state index >= 15 is 0 Å². The Kier molecular flexibility index (Phi) is 6.23. The van der Waals surface area contributed by atoms with Crippen LogP contribution in [-0.4, -0.2) is 13.4 Å². The van der Waals surface area contributed by atoms with E-state index in [0.29, 0.717) is 0 Å². The zero-order valence-electron chi connectivity index (χ0n) is 33.2. The molecule has 0 fully saturated rings. The molecule has 6 nitrogen and oxygen atoms in total. The van der Waals surface area contributed by atoms with Gasteiger partial charge in [-0.05, 0) is 130 Å². The van der Waals surface area contributed by atoms with Crippen molar-refractivity contribution in [2.24, 2.45) is 0 Å². The summed E-state index contributed by atoms with van der Waals surface area (Å²) in [6.07, 6.45) is 0. The molecule has 286 valence electrons. The number of hydrogen-bond acceptors (Lipinski definition) is 6. The van der Waals surface area contributed by atoms with E-state index in [9.17, 15) is 0 Å². The van der Waals surface area contributed by atoms with Crippen LogP contribution in [0.3, 0.4) is 0 Å². The van der Waals surface area contributed by atoms with Gasteiger partial charge in [0, 0.05) is 45.5 Å². The van der Waals surface area contributed by atoms with Gasteiger partial charge in [0.1, 0.15) is 23.0 Å². The SMILES string of the molecule is c1ccc(N2c3cccc4c3B3c5c(cccc5N(c5ccccc5)c5c3c2c2c3c5N(c5ccccc5)c5cccc6c5B3c3c(cccc3N2c2ccccc2)O6)O4)cc1. The molecule has 15 rings (SSSR count). The Balaban J connectivity index is 1.23. The van der Waals surface area contributed by atoms with E-state index < -0.39 is 0 Å². The van der Waals surface area contributed by atoms with E-state index in [1.54, 1.807) is 0 Å². The zero-order chi connectivity index (χ0) is 40.2. The lowest BCUT2D eigenvalue weighted by Gasteiger charge is -2.53. The van der Waals surface area contributed by atoms with Crippen LogP contribution in [0.5, 0.6) is 23.0 Å². The van der Waals surface area contributed by atoms with Gasteiger partial charge >= 0.3 is 0 Å². The number of anilines is 12. The molecule has 0 aromatic heterocycles. The van der Waals surface area contributed by atoms with Crippen LogP contribution >= 0.6 is 0 Å². The summed E-state index contributed by atoms with van der Waals surface area (Å²) >= 11 is 0. The second-order valence-corrected chi connectivity index (χ2v) is 16.7. The molecule has 0 atom stereocenters. The Morgan fingerprint density at radius 1 is 0.242 bits per heavy atom. The number of para-hydroxylation sites is 4. The van der Waals surface area contributed by atoms with Crippen LogP contribution in [-0.2, 0) is 0 Å². The molecule has 6 aliphatic rings. The van der Waals surface area contributed by atoms with Crippen molar-refractivity contribution in [3.05, 3.63) is 194 Å². The van der Waals surface area contributed by atoms with Gasteiger partial charge in [0.2, 0.25) is 0 Å². The molecule has 0 amide bonds. The second kappa shape index (κ2) is 11.8. The fraction of sp³-hybridized carbons (Fsp3) is 0. The predicted octanol–water partition coefficient (Wildman–Crippen LogP) is 10.1. The van der Waals surface area contributed by atoms with Crippen molar-refractivity contribution in [1.82, 2.24) is 0 Å². The molecule has 9 aromatic rings. The van der Waals surface area contributed by atoms with Crippen molar-refractivity contribution in [2.75, 3.05) is 19.6 Å². The summed E-state index contributed by atoms with van der Waals surface area (Å²) < 4.78 is 14.0. The van der Waals surface area contributed by atoms with Crippen LogP contribution < -0.4 is 61.9 Å². The maximum Gasteiger partial charge on any atom is 0.262 e. The standard InChI is InChI=1S/C54H32B2N4O2/c1-5-17-33(18-6-1)57-37-25-13-29-41-45(37)55-46-39(27-15-30-42(46)61-41)59(35-21-9-3-10-22-35)53-49(55)51(57)52-50-54(53)60(36-23-11-4-12-24-36)40-28-16-32-44-48(40)56(50)47-38(26-14-31-43(47)62-44)58(52)34-19-7-2-8-20-34/h1-32H. The first-order chi connectivity index (χ1) is 30.8. The Labute approximate surface area is 359 Å². The Hall–Kier alpha value is -8.09. The molecule has 0 aliphatic carbocycles. The molecule has 6 heterocycles. The molecule has 0 radical (unpaired) electrons. The fourth-order valence-electron chi connectivity index (χ4n) is 11.6. The number of nitrogens with zero attached hydrogens (tertiary/aromatic N) is 4. The summed E-state index contributed by atoms with van der Waals surface area (Å²) in [4.78, 5) is 10.1. The smallest absolute Gasteiger partial charge is 0.262 e. The number of rotatable bonds is 4. The summed E-state index contributed by atoms with van der Waals surface area (Å²) in [5, 5.41) is 0. The van der Waals surface area contributed by atoms with E-state index in [4.69, 9.17) is 9.47 Å². The van der Waals surface area contributed by atoms with E-state index in [-0.39, 0.29) is 13.4 Å². The third-order valence-electron chi connectivity index (χ3n) is 13.7. The third kappa shape index (κ3) is 3.98. The molecule has 0 bridgehead atoms. The predicted molar refractivity (Wildman–Crippen MR) is 255 cm³/mol. The van der Waals surface area contributed by atoms with Crippen LogP contribution in [0.2, 0.25) is 0 Å². The minimum atomic E-state index is -0.127. The first-order valence-electron chi connectivity index (χ1n) is 21.4. The molecular weight excluding hydrogens is 758 g/mol. The molecule has 9 aromatic carbocycles. The highest BCUT2D eigenvalue weighted by atomic mass is 16.5. The fourth-order valence-corrected chi connectivity index (χ4v) is 11.6. The van der Waals surface area contributed by atoms with Crippen molar-refractivity contribution in [3.63, 3.8) is 0 Å². The van der Waals surface area contributed by atoms with Gasteiger partial charge in [-0.2, -0.15) is 0 Å². The quantitative estimate of drug-likeness (QED) is 0.165. The topological polar surface area (TPSA) is 31.4 Å². The largest absolute Gasteiger partial charge is 0.458 e. The van der Waals surface area contributed by atoms with Crippen LogP contribution in [0.25, 0.3) is 0 Å². The minimum Gasteiger partial charge on any atom is -0.458 e. The highest BCUT2D eigenvalue weighted by Gasteiger charge is 2.57. The molecule has 62 heavy (non-hydrogen) atoms. The van der Waals surface area contributed by atoms with Crippen LogP contribution in [0.1, 0.15) is 0 Å². The van der Waals surface area contributed by atoms with Crippen LogP contribution in [0.15, 0.2) is 194 Å². The van der Waals surface area contributed by atoms with Gasteiger partial charge in [-0.1, -0.05) is 97.1 Å². The first-order valence-corrected chi connectivity index (χ1v) is 21.4. The summed E-state index contributed by atoms with van der Waals surface area (Å²) in [5.74, 6) is 3.57. The molecular formula is C54H32B2N4O2. The van der Waals surface area contributed by atoms with Gasteiger partial charge < -0.3 is 29.1 Å². The van der Waals surface area contributed by atoms with Crippen molar-refractivity contribution in [3.8, 4) is 23.0 Å². The van der Waals surface area contributed by atoms with Crippen molar-refractivity contribution >= 4 is 114 Å². The lowest BCUT2D eigenvalue weighted by atomic mass is 9.29. The first kappa shape index (κ1) is 32.7. The van der Waals surface area contributed by atoms with Crippen molar-refractivity contribution < 1.29 is 9.47 Å². The summed E-state index contributed by atoms with van der Waals surface area (Å²) in [6.45, 7) is -0.254. The molecule has 0 saturated carbocycles. The normalized spacial score (nSPS) is 14.5. The van der Waals surface area contributed by atoms with Crippen molar-refractivity contribution in [1.29, 1.82) is 0 Å². The Bertz CT molecular complexity index is 2960. The van der Waals surface area contributed by atoms with Gasteiger partial charge in [-0.15, -0.1) is 0 Å². The Morgan fingerprint density at radius 3 is 0.726 bits per heavy atom. The molecule has 0 saturated heterocycles.